The summed E-state index contributed by atoms with van der Waals surface area (Å²) in [5.74, 6) is -0.326. The van der Waals surface area contributed by atoms with E-state index in [0.29, 0.717) is 12.3 Å². The minimum Gasteiger partial charge on any atom is -0.334 e. The number of aryl methyl sites for hydroxylation is 2. The van der Waals surface area contributed by atoms with E-state index in [2.05, 4.69) is 11.4 Å². The first-order valence-corrected chi connectivity index (χ1v) is 10.5. The van der Waals surface area contributed by atoms with E-state index in [1.54, 1.807) is 18.7 Å². The molecule has 1 N–H and O–H groups in total. The van der Waals surface area contributed by atoms with Crippen LogP contribution in [0.15, 0.2) is 47.4 Å². The maximum Gasteiger partial charge on any atom is 0.418 e. The number of benzene rings is 2. The van der Waals surface area contributed by atoms with Crippen molar-refractivity contribution < 1.29 is 22.8 Å². The van der Waals surface area contributed by atoms with Crippen molar-refractivity contribution in [3.05, 3.63) is 59.2 Å². The van der Waals surface area contributed by atoms with Crippen LogP contribution in [-0.4, -0.2) is 35.6 Å². The molecule has 0 spiro atoms. The fourth-order valence-electron chi connectivity index (χ4n) is 2.80. The summed E-state index contributed by atoms with van der Waals surface area (Å²) in [6.45, 7) is 5.78. The van der Waals surface area contributed by atoms with E-state index in [0.717, 1.165) is 11.0 Å². The molecule has 0 radical (unpaired) electrons. The third kappa shape index (κ3) is 6.79. The van der Waals surface area contributed by atoms with Crippen LogP contribution in [0.25, 0.3) is 0 Å². The van der Waals surface area contributed by atoms with E-state index in [1.807, 2.05) is 26.0 Å². The van der Waals surface area contributed by atoms with Crippen LogP contribution >= 0.6 is 11.8 Å². The Kier molecular flexibility index (Phi) is 8.34. The summed E-state index contributed by atoms with van der Waals surface area (Å²) in [4.78, 5) is 27.1. The number of carbonyl (C=O) groups excluding carboxylic acids is 2. The van der Waals surface area contributed by atoms with E-state index < -0.39 is 17.6 Å². The standard InChI is InChI=1S/C22H25F3N2O2S/c1-4-27(21(29)11-12-30-17-10-9-15(2)16(3)13-17)14-20(28)26-19-8-6-5-7-18(19)22(23,24)25/h5-10,13H,4,11-12,14H2,1-3H3,(H,26,28). The first kappa shape index (κ1) is 23.8. The molecule has 8 heteroatoms. The maximum atomic E-state index is 13.1. The molecule has 2 aromatic carbocycles. The lowest BCUT2D eigenvalue weighted by atomic mass is 10.1. The van der Waals surface area contributed by atoms with E-state index in [1.165, 1.54) is 34.2 Å². The van der Waals surface area contributed by atoms with Crippen molar-refractivity contribution in [2.45, 2.75) is 38.3 Å². The van der Waals surface area contributed by atoms with Gasteiger partial charge in [-0.1, -0.05) is 18.2 Å². The van der Waals surface area contributed by atoms with Crippen LogP contribution in [-0.2, 0) is 15.8 Å². The Morgan fingerprint density at radius 3 is 2.40 bits per heavy atom. The van der Waals surface area contributed by atoms with Crippen molar-refractivity contribution in [1.29, 1.82) is 0 Å². The highest BCUT2D eigenvalue weighted by Crippen LogP contribution is 2.34. The van der Waals surface area contributed by atoms with Crippen LogP contribution in [0.1, 0.15) is 30.0 Å². The van der Waals surface area contributed by atoms with Gasteiger partial charge in [-0.2, -0.15) is 13.2 Å². The minimum atomic E-state index is -4.57. The topological polar surface area (TPSA) is 49.4 Å². The zero-order valence-corrected chi connectivity index (χ0v) is 18.0. The second-order valence-electron chi connectivity index (χ2n) is 6.84. The van der Waals surface area contributed by atoms with Gasteiger partial charge in [-0.15, -0.1) is 11.8 Å². The van der Waals surface area contributed by atoms with Gasteiger partial charge in [0.1, 0.15) is 0 Å². The van der Waals surface area contributed by atoms with Crippen LogP contribution in [0.4, 0.5) is 18.9 Å². The fraction of sp³-hybridized carbons (Fsp3) is 0.364. The van der Waals surface area contributed by atoms with Crippen molar-refractivity contribution in [3.8, 4) is 0 Å². The molecule has 0 bridgehead atoms. The fourth-order valence-corrected chi connectivity index (χ4v) is 3.73. The lowest BCUT2D eigenvalue weighted by molar-refractivity contribution is -0.137. The summed E-state index contributed by atoms with van der Waals surface area (Å²) >= 11 is 1.55. The predicted molar refractivity (Wildman–Crippen MR) is 114 cm³/mol. The number of amides is 2. The van der Waals surface area contributed by atoms with E-state index in [9.17, 15) is 22.8 Å². The van der Waals surface area contributed by atoms with Crippen LogP contribution in [0.5, 0.6) is 0 Å². The predicted octanol–water partition coefficient (Wildman–Crippen LogP) is 5.29. The smallest absolute Gasteiger partial charge is 0.334 e. The highest BCUT2D eigenvalue weighted by molar-refractivity contribution is 7.99. The third-order valence-electron chi connectivity index (χ3n) is 4.64. The highest BCUT2D eigenvalue weighted by atomic mass is 32.2. The molecule has 0 aliphatic rings. The van der Waals surface area contributed by atoms with Gasteiger partial charge in [0.05, 0.1) is 17.8 Å². The number of rotatable bonds is 8. The summed E-state index contributed by atoms with van der Waals surface area (Å²) in [6.07, 6.45) is -4.34. The lowest BCUT2D eigenvalue weighted by Crippen LogP contribution is -2.38. The van der Waals surface area contributed by atoms with E-state index in [4.69, 9.17) is 0 Å². The van der Waals surface area contributed by atoms with Crippen LogP contribution in [0, 0.1) is 13.8 Å². The second kappa shape index (κ2) is 10.5. The van der Waals surface area contributed by atoms with Crippen LogP contribution in [0.3, 0.4) is 0 Å². The Balaban J connectivity index is 1.90. The molecule has 2 amide bonds. The maximum absolute atomic E-state index is 13.1. The summed E-state index contributed by atoms with van der Waals surface area (Å²) in [5.41, 5.74) is 1.14. The van der Waals surface area contributed by atoms with Gasteiger partial charge in [0, 0.05) is 23.6 Å². The SMILES string of the molecule is CCN(CC(=O)Nc1ccccc1C(F)(F)F)C(=O)CCSc1ccc(C)c(C)c1. The van der Waals surface area contributed by atoms with Gasteiger partial charge >= 0.3 is 6.18 Å². The van der Waals surface area contributed by atoms with Gasteiger partial charge in [-0.25, -0.2) is 0 Å². The van der Waals surface area contributed by atoms with Crippen molar-refractivity contribution in [1.82, 2.24) is 4.90 Å². The average molecular weight is 439 g/mol. The molecule has 30 heavy (non-hydrogen) atoms. The van der Waals surface area contributed by atoms with Gasteiger partial charge < -0.3 is 10.2 Å². The van der Waals surface area contributed by atoms with Gasteiger partial charge in [0.25, 0.3) is 0 Å². The molecule has 4 nitrogen and oxygen atoms in total. The molecule has 0 aliphatic carbocycles. The van der Waals surface area contributed by atoms with E-state index in [-0.39, 0.29) is 24.6 Å². The van der Waals surface area contributed by atoms with Crippen molar-refractivity contribution in [2.75, 3.05) is 24.2 Å². The van der Waals surface area contributed by atoms with Crippen molar-refractivity contribution in [3.63, 3.8) is 0 Å². The molecule has 162 valence electrons. The number of nitrogens with one attached hydrogen (secondary N) is 1. The Hall–Kier alpha value is -2.48. The molecular formula is C22H25F3N2O2S. The first-order valence-electron chi connectivity index (χ1n) is 9.55. The molecule has 0 atom stereocenters. The number of halogens is 3. The normalized spacial score (nSPS) is 11.3. The van der Waals surface area contributed by atoms with Gasteiger partial charge in [-0.3, -0.25) is 9.59 Å². The summed E-state index contributed by atoms with van der Waals surface area (Å²) in [7, 11) is 0. The number of para-hydroxylation sites is 1. The molecule has 0 saturated heterocycles. The molecule has 0 fully saturated rings. The zero-order chi connectivity index (χ0) is 22.3. The van der Waals surface area contributed by atoms with E-state index >= 15 is 0 Å². The number of alkyl halides is 3. The number of likely N-dealkylation sites (N-methyl/N-ethyl adjacent to an activating group) is 1. The molecule has 0 unspecified atom stereocenters. The monoisotopic (exact) mass is 438 g/mol. The summed E-state index contributed by atoms with van der Waals surface area (Å²) < 4.78 is 39.2. The first-order chi connectivity index (χ1) is 14.1. The minimum absolute atomic E-state index is 0.215. The zero-order valence-electron chi connectivity index (χ0n) is 17.2. The lowest BCUT2D eigenvalue weighted by Gasteiger charge is -2.21. The van der Waals surface area contributed by atoms with Gasteiger partial charge in [0.2, 0.25) is 11.8 Å². The Bertz CT molecular complexity index is 900. The quantitative estimate of drug-likeness (QED) is 0.570. The van der Waals surface area contributed by atoms with Crippen molar-refractivity contribution in [2.24, 2.45) is 0 Å². The number of anilines is 1. The van der Waals surface area contributed by atoms with Crippen LogP contribution in [0.2, 0.25) is 0 Å². The number of carbonyl (C=O) groups is 2. The number of nitrogens with zero attached hydrogens (tertiary/aromatic N) is 1. The van der Waals surface area contributed by atoms with Gasteiger partial charge in [0.15, 0.2) is 0 Å². The molecule has 0 heterocycles. The summed E-state index contributed by atoms with van der Waals surface area (Å²) in [5, 5.41) is 2.27. The molecule has 0 aliphatic heterocycles. The number of hydrogen-bond donors (Lipinski definition) is 1. The molecule has 0 aromatic heterocycles. The molecule has 2 rings (SSSR count). The highest BCUT2D eigenvalue weighted by Gasteiger charge is 2.33. The third-order valence-corrected chi connectivity index (χ3v) is 5.63. The molecule has 2 aromatic rings. The Labute approximate surface area is 178 Å². The number of thioether (sulfide) groups is 1. The number of hydrogen-bond acceptors (Lipinski definition) is 3. The van der Waals surface area contributed by atoms with Crippen molar-refractivity contribution >= 4 is 29.3 Å². The second-order valence-corrected chi connectivity index (χ2v) is 8.01. The molecular weight excluding hydrogens is 413 g/mol. The Morgan fingerprint density at radius 1 is 1.07 bits per heavy atom. The summed E-state index contributed by atoms with van der Waals surface area (Å²) in [6, 6.07) is 10.9. The van der Waals surface area contributed by atoms with Gasteiger partial charge in [-0.05, 0) is 56.2 Å². The largest absolute Gasteiger partial charge is 0.418 e. The van der Waals surface area contributed by atoms with Crippen LogP contribution < -0.4 is 5.32 Å². The molecule has 0 saturated carbocycles. The average Bonchev–Trinajstić information content (AvgIpc) is 2.68. The Morgan fingerprint density at radius 2 is 1.77 bits per heavy atom.